The molecule has 1 atom stereocenters. The Morgan fingerprint density at radius 3 is 2.50 bits per heavy atom. The van der Waals surface area contributed by atoms with Crippen LogP contribution in [0.1, 0.15) is 19.4 Å². The van der Waals surface area contributed by atoms with Crippen LogP contribution in [-0.4, -0.2) is 19.7 Å². The lowest BCUT2D eigenvalue weighted by molar-refractivity contribution is 0.414. The summed E-state index contributed by atoms with van der Waals surface area (Å²) in [6, 6.07) is 8.68. The zero-order valence-electron chi connectivity index (χ0n) is 10.4. The van der Waals surface area contributed by atoms with Crippen molar-refractivity contribution >= 4 is 0 Å². The van der Waals surface area contributed by atoms with E-state index in [0.717, 1.165) is 18.7 Å². The summed E-state index contributed by atoms with van der Waals surface area (Å²) in [6.07, 6.45) is 1.03. The number of hydrogen-bond donors (Lipinski definition) is 1. The van der Waals surface area contributed by atoms with E-state index in [0.29, 0.717) is 6.04 Å². The molecule has 2 nitrogen and oxygen atoms in total. The molecule has 0 radical (unpaired) electrons. The van der Waals surface area contributed by atoms with Crippen molar-refractivity contribution in [3.05, 3.63) is 42.0 Å². The van der Waals surface area contributed by atoms with Gasteiger partial charge in [-0.25, -0.2) is 0 Å². The maximum absolute atomic E-state index is 5.13. The van der Waals surface area contributed by atoms with Crippen molar-refractivity contribution in [2.75, 3.05) is 13.7 Å². The van der Waals surface area contributed by atoms with Crippen molar-refractivity contribution in [3.8, 4) is 5.75 Å². The van der Waals surface area contributed by atoms with Crippen molar-refractivity contribution in [3.63, 3.8) is 0 Å². The van der Waals surface area contributed by atoms with E-state index in [1.807, 2.05) is 19.1 Å². The number of benzene rings is 1. The van der Waals surface area contributed by atoms with Gasteiger partial charge in [0.05, 0.1) is 7.11 Å². The average Bonchev–Trinajstić information content (AvgIpc) is 2.27. The van der Waals surface area contributed by atoms with E-state index in [2.05, 4.69) is 31.0 Å². The molecule has 0 bridgehead atoms. The van der Waals surface area contributed by atoms with Crippen LogP contribution in [0.4, 0.5) is 0 Å². The highest BCUT2D eigenvalue weighted by atomic mass is 16.5. The quantitative estimate of drug-likeness (QED) is 0.743. The largest absolute Gasteiger partial charge is 0.497 e. The fraction of sp³-hybridized carbons (Fsp3) is 0.429. The van der Waals surface area contributed by atoms with Crippen molar-refractivity contribution in [1.82, 2.24) is 5.32 Å². The Labute approximate surface area is 98.3 Å². The van der Waals surface area contributed by atoms with Crippen LogP contribution in [0.2, 0.25) is 0 Å². The standard InChI is InChI=1S/C14H21NO/c1-11(2)10-15-12(3)9-13-5-7-14(16-4)8-6-13/h5-8,12,15H,1,9-10H2,2-4H3. The zero-order valence-corrected chi connectivity index (χ0v) is 10.4. The molecule has 0 aliphatic carbocycles. The van der Waals surface area contributed by atoms with E-state index in [1.54, 1.807) is 7.11 Å². The highest BCUT2D eigenvalue weighted by molar-refractivity contribution is 5.27. The van der Waals surface area contributed by atoms with Gasteiger partial charge in [-0.2, -0.15) is 0 Å². The molecule has 1 aromatic rings. The Bertz CT molecular complexity index is 329. The van der Waals surface area contributed by atoms with Gasteiger partial charge in [-0.05, 0) is 38.0 Å². The third-order valence-corrected chi connectivity index (χ3v) is 2.45. The van der Waals surface area contributed by atoms with Crippen LogP contribution in [0.15, 0.2) is 36.4 Å². The molecule has 1 unspecified atom stereocenters. The van der Waals surface area contributed by atoms with E-state index in [9.17, 15) is 0 Å². The molecule has 0 aliphatic rings. The first-order valence-electron chi connectivity index (χ1n) is 5.62. The summed E-state index contributed by atoms with van der Waals surface area (Å²) in [7, 11) is 1.69. The topological polar surface area (TPSA) is 21.3 Å². The van der Waals surface area contributed by atoms with E-state index in [1.165, 1.54) is 11.1 Å². The molecule has 1 rings (SSSR count). The number of nitrogens with one attached hydrogen (secondary N) is 1. The molecule has 0 aliphatic heterocycles. The molecule has 2 heteroatoms. The van der Waals surface area contributed by atoms with Gasteiger partial charge in [0.15, 0.2) is 0 Å². The van der Waals surface area contributed by atoms with E-state index in [4.69, 9.17) is 4.74 Å². The van der Waals surface area contributed by atoms with Crippen LogP contribution in [0.25, 0.3) is 0 Å². The SMILES string of the molecule is C=C(C)CNC(C)Cc1ccc(OC)cc1. The fourth-order valence-electron chi connectivity index (χ4n) is 1.54. The lowest BCUT2D eigenvalue weighted by atomic mass is 10.1. The molecule has 0 aromatic heterocycles. The van der Waals surface area contributed by atoms with Crippen molar-refractivity contribution in [2.45, 2.75) is 26.3 Å². The highest BCUT2D eigenvalue weighted by Crippen LogP contribution is 2.12. The normalized spacial score (nSPS) is 12.2. The predicted molar refractivity (Wildman–Crippen MR) is 69.0 cm³/mol. The van der Waals surface area contributed by atoms with Crippen molar-refractivity contribution in [2.24, 2.45) is 0 Å². The first-order valence-corrected chi connectivity index (χ1v) is 5.62. The fourth-order valence-corrected chi connectivity index (χ4v) is 1.54. The predicted octanol–water partition coefficient (Wildman–Crippen LogP) is 2.79. The second-order valence-electron chi connectivity index (χ2n) is 4.29. The minimum atomic E-state index is 0.463. The van der Waals surface area contributed by atoms with Gasteiger partial charge in [0.1, 0.15) is 5.75 Å². The highest BCUT2D eigenvalue weighted by Gasteiger charge is 2.02. The van der Waals surface area contributed by atoms with Gasteiger partial charge in [0.25, 0.3) is 0 Å². The molecule has 16 heavy (non-hydrogen) atoms. The molecule has 1 N–H and O–H groups in total. The van der Waals surface area contributed by atoms with Crippen LogP contribution in [-0.2, 0) is 6.42 Å². The van der Waals surface area contributed by atoms with E-state index < -0.39 is 0 Å². The maximum atomic E-state index is 5.13. The van der Waals surface area contributed by atoms with Crippen LogP contribution in [0, 0.1) is 0 Å². The van der Waals surface area contributed by atoms with Gasteiger partial charge in [0.2, 0.25) is 0 Å². The molecule has 0 fully saturated rings. The van der Waals surface area contributed by atoms with Gasteiger partial charge in [-0.15, -0.1) is 0 Å². The summed E-state index contributed by atoms with van der Waals surface area (Å²) >= 11 is 0. The molecular weight excluding hydrogens is 198 g/mol. The molecule has 0 saturated heterocycles. The smallest absolute Gasteiger partial charge is 0.118 e. The Hall–Kier alpha value is -1.28. The van der Waals surface area contributed by atoms with Gasteiger partial charge >= 0.3 is 0 Å². The number of ether oxygens (including phenoxy) is 1. The first-order chi connectivity index (χ1) is 7.61. The molecule has 88 valence electrons. The van der Waals surface area contributed by atoms with Gasteiger partial charge in [0, 0.05) is 12.6 Å². The summed E-state index contributed by atoms with van der Waals surface area (Å²) in [5, 5.41) is 3.43. The Balaban J connectivity index is 2.43. The summed E-state index contributed by atoms with van der Waals surface area (Å²) in [5.41, 5.74) is 2.49. The Morgan fingerprint density at radius 2 is 2.00 bits per heavy atom. The summed E-state index contributed by atoms with van der Waals surface area (Å²) < 4.78 is 5.13. The molecule has 0 amide bonds. The Kier molecular flexibility index (Phi) is 5.06. The number of rotatable bonds is 6. The van der Waals surface area contributed by atoms with Gasteiger partial charge in [-0.3, -0.25) is 0 Å². The summed E-state index contributed by atoms with van der Waals surface area (Å²) in [4.78, 5) is 0. The third kappa shape index (κ3) is 4.49. The van der Waals surface area contributed by atoms with E-state index in [-0.39, 0.29) is 0 Å². The molecular formula is C14H21NO. The second kappa shape index (κ2) is 6.33. The van der Waals surface area contributed by atoms with Crippen LogP contribution in [0.3, 0.4) is 0 Å². The molecule has 1 aromatic carbocycles. The van der Waals surface area contributed by atoms with E-state index >= 15 is 0 Å². The minimum Gasteiger partial charge on any atom is -0.497 e. The number of methoxy groups -OCH3 is 1. The van der Waals surface area contributed by atoms with Crippen LogP contribution in [0.5, 0.6) is 5.75 Å². The molecule has 0 saturated carbocycles. The lowest BCUT2D eigenvalue weighted by Crippen LogP contribution is -2.29. The Morgan fingerprint density at radius 1 is 1.38 bits per heavy atom. The molecule has 0 heterocycles. The van der Waals surface area contributed by atoms with Crippen molar-refractivity contribution < 1.29 is 4.74 Å². The summed E-state index contributed by atoms with van der Waals surface area (Å²) in [6.45, 7) is 8.99. The average molecular weight is 219 g/mol. The van der Waals surface area contributed by atoms with Crippen LogP contribution < -0.4 is 10.1 Å². The maximum Gasteiger partial charge on any atom is 0.118 e. The van der Waals surface area contributed by atoms with Gasteiger partial charge in [-0.1, -0.05) is 24.3 Å². The second-order valence-corrected chi connectivity index (χ2v) is 4.29. The monoisotopic (exact) mass is 219 g/mol. The molecule has 0 spiro atoms. The minimum absolute atomic E-state index is 0.463. The lowest BCUT2D eigenvalue weighted by Gasteiger charge is -2.14. The zero-order chi connectivity index (χ0) is 12.0. The number of hydrogen-bond acceptors (Lipinski definition) is 2. The first kappa shape index (κ1) is 12.8. The van der Waals surface area contributed by atoms with Crippen molar-refractivity contribution in [1.29, 1.82) is 0 Å². The summed E-state index contributed by atoms with van der Waals surface area (Å²) in [5.74, 6) is 0.909. The van der Waals surface area contributed by atoms with Gasteiger partial charge < -0.3 is 10.1 Å². The third-order valence-electron chi connectivity index (χ3n) is 2.45. The van der Waals surface area contributed by atoms with Crippen LogP contribution >= 0.6 is 0 Å².